The van der Waals surface area contributed by atoms with Crippen LogP contribution in [0.25, 0.3) is 0 Å². The van der Waals surface area contributed by atoms with Gasteiger partial charge in [-0.05, 0) is 18.9 Å². The Bertz CT molecular complexity index is 170. The first kappa shape index (κ1) is 7.32. The highest BCUT2D eigenvalue weighted by atomic mass is 16.5. The largest absolute Gasteiger partial charge is 0.393 e. The van der Waals surface area contributed by atoms with E-state index in [1.165, 1.54) is 5.57 Å². The van der Waals surface area contributed by atoms with Gasteiger partial charge in [0.05, 0.1) is 18.8 Å². The molecule has 2 nitrogen and oxygen atoms in total. The molecule has 1 aliphatic heterocycles. The third kappa shape index (κ3) is 1.10. The summed E-state index contributed by atoms with van der Waals surface area (Å²) in [6, 6.07) is 0. The second kappa shape index (κ2) is 2.61. The maximum atomic E-state index is 9.40. The molecule has 1 aliphatic carbocycles. The van der Waals surface area contributed by atoms with Gasteiger partial charge in [-0.1, -0.05) is 6.08 Å². The van der Waals surface area contributed by atoms with Crippen LogP contribution in [-0.2, 0) is 4.74 Å². The fourth-order valence-corrected chi connectivity index (χ4v) is 2.19. The first-order chi connectivity index (χ1) is 5.31. The van der Waals surface area contributed by atoms with Crippen molar-refractivity contribution in [3.8, 4) is 0 Å². The summed E-state index contributed by atoms with van der Waals surface area (Å²) >= 11 is 0. The van der Waals surface area contributed by atoms with Crippen LogP contribution in [0, 0.1) is 5.92 Å². The molecule has 0 aromatic rings. The van der Waals surface area contributed by atoms with Crippen molar-refractivity contribution in [1.29, 1.82) is 0 Å². The highest BCUT2D eigenvalue weighted by Crippen LogP contribution is 2.37. The molecule has 3 atom stereocenters. The lowest BCUT2D eigenvalue weighted by Crippen LogP contribution is -2.26. The number of rotatable bonds is 0. The number of hydrogen-bond donors (Lipinski definition) is 1. The third-order valence-electron chi connectivity index (χ3n) is 2.72. The zero-order valence-electron chi connectivity index (χ0n) is 6.79. The summed E-state index contributed by atoms with van der Waals surface area (Å²) in [5.41, 5.74) is 1.41. The van der Waals surface area contributed by atoms with Gasteiger partial charge < -0.3 is 9.84 Å². The molecule has 2 heteroatoms. The average molecular weight is 154 g/mol. The number of aliphatic hydroxyl groups excluding tert-OH is 1. The van der Waals surface area contributed by atoms with Crippen LogP contribution in [0.5, 0.6) is 0 Å². The molecular weight excluding hydrogens is 140 g/mol. The van der Waals surface area contributed by atoms with Crippen LogP contribution in [0.3, 0.4) is 0 Å². The average Bonchev–Trinajstić information content (AvgIpc) is 2.23. The van der Waals surface area contributed by atoms with Gasteiger partial charge in [0.25, 0.3) is 0 Å². The van der Waals surface area contributed by atoms with Gasteiger partial charge >= 0.3 is 0 Å². The standard InChI is InChI=1S/C9H14O2/c1-2-8-6-3-7(10)4-9(8)11-5-6/h2,6-7,9-10H,3-5H2,1H3. The molecule has 3 unspecified atom stereocenters. The topological polar surface area (TPSA) is 29.5 Å². The number of fused-ring (bicyclic) bond motifs is 2. The van der Waals surface area contributed by atoms with Crippen LogP contribution in [0.4, 0.5) is 0 Å². The van der Waals surface area contributed by atoms with Crippen LogP contribution >= 0.6 is 0 Å². The second-order valence-electron chi connectivity index (χ2n) is 3.43. The van der Waals surface area contributed by atoms with Crippen molar-refractivity contribution in [2.45, 2.75) is 32.0 Å². The lowest BCUT2D eigenvalue weighted by molar-refractivity contribution is 0.0792. The molecule has 0 aromatic heterocycles. The molecule has 62 valence electrons. The Labute approximate surface area is 66.9 Å². The molecule has 1 saturated heterocycles. The van der Waals surface area contributed by atoms with E-state index < -0.39 is 0 Å². The lowest BCUT2D eigenvalue weighted by atomic mass is 9.83. The van der Waals surface area contributed by atoms with Crippen LogP contribution < -0.4 is 0 Å². The van der Waals surface area contributed by atoms with Crippen LogP contribution in [0.15, 0.2) is 11.6 Å². The lowest BCUT2D eigenvalue weighted by Gasteiger charge is -2.24. The second-order valence-corrected chi connectivity index (χ2v) is 3.43. The molecule has 2 bridgehead atoms. The van der Waals surface area contributed by atoms with Crippen molar-refractivity contribution in [3.05, 3.63) is 11.6 Å². The zero-order chi connectivity index (χ0) is 7.84. The van der Waals surface area contributed by atoms with Crippen LogP contribution in [0.2, 0.25) is 0 Å². The van der Waals surface area contributed by atoms with Gasteiger partial charge in [0.2, 0.25) is 0 Å². The number of hydrogen-bond acceptors (Lipinski definition) is 2. The number of ether oxygens (including phenoxy) is 1. The first-order valence-corrected chi connectivity index (χ1v) is 4.27. The molecule has 2 aliphatic rings. The van der Waals surface area contributed by atoms with Crippen molar-refractivity contribution in [1.82, 2.24) is 0 Å². The normalized spacial score (nSPS) is 46.7. The van der Waals surface area contributed by atoms with Gasteiger partial charge in [0.15, 0.2) is 0 Å². The predicted octanol–water partition coefficient (Wildman–Crippen LogP) is 1.10. The Kier molecular flexibility index (Phi) is 1.74. The summed E-state index contributed by atoms with van der Waals surface area (Å²) in [5.74, 6) is 0.508. The molecule has 0 aromatic carbocycles. The van der Waals surface area contributed by atoms with Crippen LogP contribution in [-0.4, -0.2) is 23.9 Å². The summed E-state index contributed by atoms with van der Waals surface area (Å²) in [4.78, 5) is 0. The molecule has 1 N–H and O–H groups in total. The fraction of sp³-hybridized carbons (Fsp3) is 0.778. The molecule has 0 amide bonds. The van der Waals surface area contributed by atoms with Crippen LogP contribution in [0.1, 0.15) is 19.8 Å². The Morgan fingerprint density at radius 2 is 2.36 bits per heavy atom. The molecular formula is C9H14O2. The molecule has 2 rings (SSSR count). The van der Waals surface area contributed by atoms with Crippen molar-refractivity contribution < 1.29 is 9.84 Å². The minimum Gasteiger partial charge on any atom is -0.393 e. The molecule has 2 fully saturated rings. The summed E-state index contributed by atoms with van der Waals surface area (Å²) in [6.45, 7) is 2.88. The van der Waals surface area contributed by atoms with Gasteiger partial charge in [-0.25, -0.2) is 0 Å². The summed E-state index contributed by atoms with van der Waals surface area (Å²) < 4.78 is 5.52. The maximum Gasteiger partial charge on any atom is 0.0813 e. The Morgan fingerprint density at radius 3 is 3.00 bits per heavy atom. The Hall–Kier alpha value is -0.340. The summed E-state index contributed by atoms with van der Waals surface area (Å²) in [5, 5.41) is 9.40. The van der Waals surface area contributed by atoms with E-state index in [1.54, 1.807) is 0 Å². The van der Waals surface area contributed by atoms with Gasteiger partial charge in [-0.2, -0.15) is 0 Å². The molecule has 0 spiro atoms. The van der Waals surface area contributed by atoms with Gasteiger partial charge in [-0.15, -0.1) is 0 Å². The van der Waals surface area contributed by atoms with E-state index in [0.717, 1.165) is 19.4 Å². The highest BCUT2D eigenvalue weighted by molar-refractivity contribution is 5.19. The van der Waals surface area contributed by atoms with E-state index >= 15 is 0 Å². The van der Waals surface area contributed by atoms with Gasteiger partial charge in [0, 0.05) is 12.3 Å². The smallest absolute Gasteiger partial charge is 0.0813 e. The molecule has 0 radical (unpaired) electrons. The summed E-state index contributed by atoms with van der Waals surface area (Å²) in [6.07, 6.45) is 3.95. The first-order valence-electron chi connectivity index (χ1n) is 4.27. The van der Waals surface area contributed by atoms with E-state index in [-0.39, 0.29) is 12.2 Å². The maximum absolute atomic E-state index is 9.40. The third-order valence-corrected chi connectivity index (χ3v) is 2.72. The predicted molar refractivity (Wildman–Crippen MR) is 42.2 cm³/mol. The monoisotopic (exact) mass is 154 g/mol. The Morgan fingerprint density at radius 1 is 1.55 bits per heavy atom. The minimum atomic E-state index is -0.129. The molecule has 1 saturated carbocycles. The Balaban J connectivity index is 2.19. The molecule has 11 heavy (non-hydrogen) atoms. The van der Waals surface area contributed by atoms with Gasteiger partial charge in [-0.3, -0.25) is 0 Å². The zero-order valence-corrected chi connectivity index (χ0v) is 6.79. The quantitative estimate of drug-likeness (QED) is 0.529. The molecule has 1 heterocycles. The highest BCUT2D eigenvalue weighted by Gasteiger charge is 2.37. The van der Waals surface area contributed by atoms with E-state index in [9.17, 15) is 5.11 Å². The van der Waals surface area contributed by atoms with E-state index in [2.05, 4.69) is 13.0 Å². The van der Waals surface area contributed by atoms with Crippen molar-refractivity contribution in [3.63, 3.8) is 0 Å². The summed E-state index contributed by atoms with van der Waals surface area (Å²) in [7, 11) is 0. The fourth-order valence-electron chi connectivity index (χ4n) is 2.19. The minimum absolute atomic E-state index is 0.129. The van der Waals surface area contributed by atoms with E-state index in [0.29, 0.717) is 5.92 Å². The van der Waals surface area contributed by atoms with Gasteiger partial charge in [0.1, 0.15) is 0 Å². The van der Waals surface area contributed by atoms with Crippen molar-refractivity contribution in [2.75, 3.05) is 6.61 Å². The van der Waals surface area contributed by atoms with Crippen molar-refractivity contribution >= 4 is 0 Å². The van der Waals surface area contributed by atoms with E-state index in [1.807, 2.05) is 0 Å². The SMILES string of the molecule is CC=C1C2COC1CC(O)C2. The number of allylic oxidation sites excluding steroid dienone is 1. The number of aliphatic hydroxyl groups is 1. The van der Waals surface area contributed by atoms with E-state index in [4.69, 9.17) is 4.74 Å². The van der Waals surface area contributed by atoms with Crippen molar-refractivity contribution in [2.24, 2.45) is 5.92 Å².